The third-order valence-corrected chi connectivity index (χ3v) is 4.36. The van der Waals surface area contributed by atoms with E-state index in [1.54, 1.807) is 6.07 Å². The van der Waals surface area contributed by atoms with E-state index in [9.17, 15) is 22.4 Å². The van der Waals surface area contributed by atoms with Crippen LogP contribution in [0.2, 0.25) is 5.02 Å². The maximum atomic E-state index is 13.0. The molecule has 0 atom stereocenters. The number of carboxylic acid groups (broad SMARTS) is 1. The molecule has 0 radical (unpaired) electrons. The van der Waals surface area contributed by atoms with Crippen LogP contribution in [0.15, 0.2) is 18.2 Å². The molecule has 0 saturated carbocycles. The van der Waals surface area contributed by atoms with E-state index >= 15 is 0 Å². The molecule has 2 rings (SSSR count). The van der Waals surface area contributed by atoms with Crippen molar-refractivity contribution >= 4 is 23.5 Å². The number of nitrogens with zero attached hydrogens (tertiary/aromatic N) is 1. The standard InChI is InChI=1S/C15H20ClFN2O.C2HF3O2/c1-2-19(13-5-7-18-8-6-13)15(20)9-11-3-4-12(17)10-14(11)16;3-2(4,5)1(6)7/h3-4,10,13,18H,2,5-9H2,1H3;(H,6,7). The fraction of sp³-hybridized carbons (Fsp3) is 0.529. The summed E-state index contributed by atoms with van der Waals surface area (Å²) < 4.78 is 44.7. The van der Waals surface area contributed by atoms with Crippen LogP contribution >= 0.6 is 11.6 Å². The highest BCUT2D eigenvalue weighted by Gasteiger charge is 2.38. The lowest BCUT2D eigenvalue weighted by atomic mass is 10.0. The van der Waals surface area contributed by atoms with Gasteiger partial charge in [-0.1, -0.05) is 17.7 Å². The Hall–Kier alpha value is -1.87. The predicted molar refractivity (Wildman–Crippen MR) is 92.1 cm³/mol. The van der Waals surface area contributed by atoms with E-state index in [-0.39, 0.29) is 18.1 Å². The second kappa shape index (κ2) is 10.5. The van der Waals surface area contributed by atoms with Gasteiger partial charge in [-0.2, -0.15) is 13.2 Å². The molecule has 0 bridgehead atoms. The van der Waals surface area contributed by atoms with Gasteiger partial charge < -0.3 is 15.3 Å². The number of piperidine rings is 1. The number of nitrogens with one attached hydrogen (secondary N) is 1. The van der Waals surface area contributed by atoms with Crippen molar-refractivity contribution in [3.63, 3.8) is 0 Å². The number of likely N-dealkylation sites (N-methyl/N-ethyl adjacent to an activating group) is 1. The predicted octanol–water partition coefficient (Wildman–Crippen LogP) is 3.26. The van der Waals surface area contributed by atoms with Gasteiger partial charge in [0.05, 0.1) is 6.42 Å². The Morgan fingerprint density at radius 1 is 1.30 bits per heavy atom. The van der Waals surface area contributed by atoms with Gasteiger partial charge in [0.1, 0.15) is 5.82 Å². The number of aliphatic carboxylic acids is 1. The zero-order valence-electron chi connectivity index (χ0n) is 14.7. The summed E-state index contributed by atoms with van der Waals surface area (Å²) in [6.45, 7) is 4.59. The largest absolute Gasteiger partial charge is 0.490 e. The van der Waals surface area contributed by atoms with E-state index in [0.29, 0.717) is 23.2 Å². The number of rotatable bonds is 4. The smallest absolute Gasteiger partial charge is 0.475 e. The van der Waals surface area contributed by atoms with Crippen molar-refractivity contribution in [1.29, 1.82) is 0 Å². The van der Waals surface area contributed by atoms with E-state index in [0.717, 1.165) is 25.9 Å². The number of hydrogen-bond donors (Lipinski definition) is 2. The minimum absolute atomic E-state index is 0.0629. The molecule has 1 aliphatic rings. The number of carbonyl (C=O) groups is 2. The Morgan fingerprint density at radius 2 is 1.85 bits per heavy atom. The third-order valence-electron chi connectivity index (χ3n) is 4.01. The topological polar surface area (TPSA) is 69.6 Å². The molecular formula is C17H21ClF4N2O3. The lowest BCUT2D eigenvalue weighted by molar-refractivity contribution is -0.192. The highest BCUT2D eigenvalue weighted by molar-refractivity contribution is 6.31. The van der Waals surface area contributed by atoms with E-state index in [2.05, 4.69) is 5.32 Å². The van der Waals surface area contributed by atoms with Gasteiger partial charge in [0.2, 0.25) is 5.91 Å². The first-order valence-electron chi connectivity index (χ1n) is 8.30. The van der Waals surface area contributed by atoms with Crippen LogP contribution in [0.3, 0.4) is 0 Å². The van der Waals surface area contributed by atoms with Crippen molar-refractivity contribution in [3.05, 3.63) is 34.6 Å². The number of benzene rings is 1. The lowest BCUT2D eigenvalue weighted by Crippen LogP contribution is -2.46. The molecule has 1 saturated heterocycles. The Balaban J connectivity index is 0.000000445. The Morgan fingerprint density at radius 3 is 2.30 bits per heavy atom. The molecule has 1 aromatic rings. The first-order valence-corrected chi connectivity index (χ1v) is 8.68. The van der Waals surface area contributed by atoms with Crippen molar-refractivity contribution in [3.8, 4) is 0 Å². The van der Waals surface area contributed by atoms with E-state index < -0.39 is 12.1 Å². The normalized spacial score (nSPS) is 14.9. The van der Waals surface area contributed by atoms with Crippen molar-refractivity contribution in [2.75, 3.05) is 19.6 Å². The van der Waals surface area contributed by atoms with Crippen LogP contribution in [0.25, 0.3) is 0 Å². The van der Waals surface area contributed by atoms with Gasteiger partial charge in [-0.15, -0.1) is 0 Å². The zero-order valence-corrected chi connectivity index (χ0v) is 15.4. The number of carbonyl (C=O) groups excluding carboxylic acids is 1. The van der Waals surface area contributed by atoms with Gasteiger partial charge >= 0.3 is 12.1 Å². The zero-order chi connectivity index (χ0) is 20.6. The highest BCUT2D eigenvalue weighted by atomic mass is 35.5. The molecule has 10 heteroatoms. The van der Waals surface area contributed by atoms with Gasteiger partial charge in [-0.05, 0) is 50.6 Å². The lowest BCUT2D eigenvalue weighted by Gasteiger charge is -2.34. The number of amides is 1. The summed E-state index contributed by atoms with van der Waals surface area (Å²) in [6, 6.07) is 4.49. The highest BCUT2D eigenvalue weighted by Crippen LogP contribution is 2.20. The minimum Gasteiger partial charge on any atom is -0.475 e. The average Bonchev–Trinajstić information content (AvgIpc) is 2.59. The molecule has 1 amide bonds. The summed E-state index contributed by atoms with van der Waals surface area (Å²) in [4.78, 5) is 23.2. The van der Waals surface area contributed by atoms with Crippen LogP contribution in [-0.2, 0) is 16.0 Å². The SMILES string of the molecule is CCN(C(=O)Cc1ccc(F)cc1Cl)C1CCNCC1.O=C(O)C(F)(F)F. The summed E-state index contributed by atoms with van der Waals surface area (Å²) in [5, 5.41) is 10.7. The maximum absolute atomic E-state index is 13.0. The molecule has 27 heavy (non-hydrogen) atoms. The quantitative estimate of drug-likeness (QED) is 0.745. The van der Waals surface area contributed by atoms with Gasteiger partial charge in [0, 0.05) is 17.6 Å². The molecule has 1 aromatic carbocycles. The fourth-order valence-electron chi connectivity index (χ4n) is 2.69. The fourth-order valence-corrected chi connectivity index (χ4v) is 2.92. The summed E-state index contributed by atoms with van der Waals surface area (Å²) in [5.74, 6) is -3.07. The van der Waals surface area contributed by atoms with Crippen molar-refractivity contribution in [2.45, 2.75) is 38.4 Å². The van der Waals surface area contributed by atoms with Gasteiger partial charge in [0.15, 0.2) is 0 Å². The molecule has 2 N–H and O–H groups in total. The molecule has 0 aliphatic carbocycles. The minimum atomic E-state index is -5.08. The number of alkyl halides is 3. The summed E-state index contributed by atoms with van der Waals surface area (Å²) >= 11 is 5.99. The van der Waals surface area contributed by atoms with Gasteiger partial charge in [0.25, 0.3) is 0 Å². The van der Waals surface area contributed by atoms with Crippen molar-refractivity contribution in [1.82, 2.24) is 10.2 Å². The summed E-state index contributed by atoms with van der Waals surface area (Å²) in [7, 11) is 0. The van der Waals surface area contributed by atoms with Crippen LogP contribution in [0, 0.1) is 5.82 Å². The Kier molecular flexibility index (Phi) is 8.98. The molecule has 1 fully saturated rings. The van der Waals surface area contributed by atoms with Crippen molar-refractivity contribution < 1.29 is 32.3 Å². The molecule has 5 nitrogen and oxygen atoms in total. The molecule has 1 heterocycles. The molecule has 1 aliphatic heterocycles. The van der Waals surface area contributed by atoms with E-state index in [1.807, 2.05) is 11.8 Å². The van der Waals surface area contributed by atoms with Gasteiger partial charge in [-0.25, -0.2) is 9.18 Å². The molecule has 0 aromatic heterocycles. The first kappa shape index (κ1) is 23.2. The number of halogens is 5. The summed E-state index contributed by atoms with van der Waals surface area (Å²) in [6.07, 6.45) is -2.88. The number of hydrogen-bond acceptors (Lipinski definition) is 3. The third kappa shape index (κ3) is 7.72. The average molecular weight is 413 g/mol. The number of carboxylic acids is 1. The maximum Gasteiger partial charge on any atom is 0.490 e. The first-order chi connectivity index (χ1) is 12.6. The Bertz CT molecular complexity index is 650. The van der Waals surface area contributed by atoms with Crippen molar-refractivity contribution in [2.24, 2.45) is 0 Å². The molecular weight excluding hydrogens is 392 g/mol. The summed E-state index contributed by atoms with van der Waals surface area (Å²) in [5.41, 5.74) is 0.686. The monoisotopic (exact) mass is 412 g/mol. The van der Waals surface area contributed by atoms with Crippen LogP contribution in [0.1, 0.15) is 25.3 Å². The van der Waals surface area contributed by atoms with Crippen LogP contribution in [0.4, 0.5) is 17.6 Å². The Labute approximate surface area is 159 Å². The molecule has 0 spiro atoms. The van der Waals surface area contributed by atoms with E-state index in [1.165, 1.54) is 12.1 Å². The van der Waals surface area contributed by atoms with Crippen LogP contribution in [0.5, 0.6) is 0 Å². The van der Waals surface area contributed by atoms with Crippen LogP contribution in [-0.4, -0.2) is 53.7 Å². The second-order valence-electron chi connectivity index (χ2n) is 5.88. The van der Waals surface area contributed by atoms with Gasteiger partial charge in [-0.3, -0.25) is 4.79 Å². The molecule has 0 unspecified atom stereocenters. The second-order valence-corrected chi connectivity index (χ2v) is 6.28. The molecule has 152 valence electrons. The van der Waals surface area contributed by atoms with E-state index in [4.69, 9.17) is 21.5 Å². The van der Waals surface area contributed by atoms with Crippen LogP contribution < -0.4 is 5.32 Å².